The molecule has 0 saturated heterocycles. The van der Waals surface area contributed by atoms with E-state index in [4.69, 9.17) is 0 Å². The van der Waals surface area contributed by atoms with Crippen molar-refractivity contribution in [1.82, 2.24) is 0 Å². The van der Waals surface area contributed by atoms with Gasteiger partial charge in [0.1, 0.15) is 0 Å². The number of hydrogen-bond donors (Lipinski definition) is 0. The van der Waals surface area contributed by atoms with Gasteiger partial charge in [-0.15, -0.1) is 0 Å². The van der Waals surface area contributed by atoms with Gasteiger partial charge < -0.3 is 9.80 Å². The van der Waals surface area contributed by atoms with Crippen molar-refractivity contribution in [2.75, 3.05) is 9.80 Å². The molecule has 2 nitrogen and oxygen atoms in total. The van der Waals surface area contributed by atoms with E-state index in [9.17, 15) is 0 Å². The first-order valence-corrected chi connectivity index (χ1v) is 23.1. The molecule has 2 heterocycles. The molecule has 0 saturated carbocycles. The van der Waals surface area contributed by atoms with Crippen molar-refractivity contribution >= 4 is 88.0 Å². The minimum atomic E-state index is 0.913. The van der Waals surface area contributed by atoms with Crippen LogP contribution in [0.15, 0.2) is 231 Å². The summed E-state index contributed by atoms with van der Waals surface area (Å²) in [6, 6.07) is 86.3. The van der Waals surface area contributed by atoms with Gasteiger partial charge in [-0.3, -0.25) is 0 Å². The van der Waals surface area contributed by atoms with Crippen LogP contribution < -0.4 is 9.80 Å². The number of fused-ring (bicyclic) bond motifs is 10. The molecule has 0 fully saturated rings. The number of para-hydroxylation sites is 4. The third-order valence-electron chi connectivity index (χ3n) is 14.4. The number of hydrogen-bond acceptors (Lipinski definition) is 2. The fourth-order valence-electron chi connectivity index (χ4n) is 11.4. The van der Waals surface area contributed by atoms with Crippen molar-refractivity contribution < 1.29 is 0 Å². The summed E-state index contributed by atoms with van der Waals surface area (Å²) < 4.78 is 0. The van der Waals surface area contributed by atoms with E-state index in [1.807, 2.05) is 0 Å². The summed E-state index contributed by atoms with van der Waals surface area (Å²) in [6.45, 7) is 0. The highest BCUT2D eigenvalue weighted by Crippen LogP contribution is 2.52. The number of nitrogens with zero attached hydrogens (tertiary/aromatic N) is 2. The molecule has 12 aromatic rings. The Morgan fingerprint density at radius 2 is 0.697 bits per heavy atom. The van der Waals surface area contributed by atoms with Crippen molar-refractivity contribution in [3.05, 3.63) is 253 Å². The first-order valence-electron chi connectivity index (χ1n) is 23.1. The van der Waals surface area contributed by atoms with Crippen LogP contribution in [-0.4, -0.2) is 0 Å². The molecule has 2 aliphatic rings. The molecule has 0 atom stereocenters. The molecule has 66 heavy (non-hydrogen) atoms. The second-order valence-electron chi connectivity index (χ2n) is 18.0. The summed E-state index contributed by atoms with van der Waals surface area (Å²) in [7, 11) is 0. The van der Waals surface area contributed by atoms with Gasteiger partial charge in [0.2, 0.25) is 0 Å². The third-order valence-corrected chi connectivity index (χ3v) is 14.4. The van der Waals surface area contributed by atoms with Crippen LogP contribution in [-0.2, 0) is 12.8 Å². The molecule has 0 amide bonds. The molecule has 0 spiro atoms. The van der Waals surface area contributed by atoms with Crippen LogP contribution in [0.4, 0.5) is 34.1 Å². The van der Waals surface area contributed by atoms with Crippen LogP contribution in [0.1, 0.15) is 22.3 Å². The Morgan fingerprint density at radius 1 is 0.258 bits per heavy atom. The van der Waals surface area contributed by atoms with Crippen LogP contribution in [0.25, 0.3) is 76.1 Å². The van der Waals surface area contributed by atoms with Crippen molar-refractivity contribution in [2.24, 2.45) is 0 Å². The molecule has 0 bridgehead atoms. The summed E-state index contributed by atoms with van der Waals surface area (Å²) in [6.07, 6.45) is 1.83. The summed E-state index contributed by atoms with van der Waals surface area (Å²) in [5.41, 5.74) is 17.5. The van der Waals surface area contributed by atoms with Gasteiger partial charge >= 0.3 is 0 Å². The highest BCUT2D eigenvalue weighted by molar-refractivity contribution is 6.27. The SMILES string of the molecule is c1ccc2c(c1)Cc1ccccc1N2c1ccc2c(-c3cc4ccccc4c4ccccc34)c3cc(N4c5ccccc5Cc5ccccc54)ccc3c(-c3ccc4ccccc4c3)c2c1. The number of rotatable bonds is 4. The van der Waals surface area contributed by atoms with Crippen molar-refractivity contribution in [1.29, 1.82) is 0 Å². The van der Waals surface area contributed by atoms with E-state index in [0.29, 0.717) is 0 Å². The zero-order valence-electron chi connectivity index (χ0n) is 36.2. The van der Waals surface area contributed by atoms with Gasteiger partial charge in [0, 0.05) is 47.0 Å². The fraction of sp³-hybridized carbons (Fsp3) is 0.0312. The first kappa shape index (κ1) is 37.0. The van der Waals surface area contributed by atoms with E-state index in [2.05, 4.69) is 240 Å². The van der Waals surface area contributed by atoms with Crippen LogP contribution in [0.3, 0.4) is 0 Å². The molecular weight excluding hydrogens is 797 g/mol. The molecule has 308 valence electrons. The van der Waals surface area contributed by atoms with Gasteiger partial charge in [-0.1, -0.05) is 170 Å². The summed E-state index contributed by atoms with van der Waals surface area (Å²) in [5, 5.41) is 12.4. The van der Waals surface area contributed by atoms with Gasteiger partial charge in [-0.05, 0) is 159 Å². The van der Waals surface area contributed by atoms with E-state index < -0.39 is 0 Å². The van der Waals surface area contributed by atoms with Gasteiger partial charge in [0.25, 0.3) is 0 Å². The van der Waals surface area contributed by atoms with E-state index in [0.717, 1.165) is 24.2 Å². The molecule has 0 aromatic heterocycles. The van der Waals surface area contributed by atoms with Crippen molar-refractivity contribution in [3.63, 3.8) is 0 Å². The van der Waals surface area contributed by atoms with E-state index in [1.165, 1.54) is 121 Å². The maximum atomic E-state index is 2.49. The lowest BCUT2D eigenvalue weighted by molar-refractivity contribution is 1.09. The molecule has 14 rings (SSSR count). The molecular formula is C64H42N2. The normalized spacial score (nSPS) is 13.0. The summed E-state index contributed by atoms with van der Waals surface area (Å²) in [5.74, 6) is 0. The topological polar surface area (TPSA) is 6.48 Å². The highest BCUT2D eigenvalue weighted by Gasteiger charge is 2.28. The molecule has 0 radical (unpaired) electrons. The van der Waals surface area contributed by atoms with Crippen molar-refractivity contribution in [2.45, 2.75) is 12.8 Å². The molecule has 0 N–H and O–H groups in total. The van der Waals surface area contributed by atoms with Crippen LogP contribution in [0.5, 0.6) is 0 Å². The molecule has 2 aliphatic heterocycles. The van der Waals surface area contributed by atoms with E-state index >= 15 is 0 Å². The first-order chi connectivity index (χ1) is 32.7. The minimum Gasteiger partial charge on any atom is -0.310 e. The number of benzene rings is 12. The molecule has 0 unspecified atom stereocenters. The molecule has 12 aromatic carbocycles. The lowest BCUT2D eigenvalue weighted by atomic mass is 9.83. The fourth-order valence-corrected chi connectivity index (χ4v) is 11.4. The third kappa shape index (κ3) is 5.61. The summed E-state index contributed by atoms with van der Waals surface area (Å²) >= 11 is 0. The maximum absolute atomic E-state index is 2.49. The quantitative estimate of drug-likeness (QED) is 0.129. The summed E-state index contributed by atoms with van der Waals surface area (Å²) in [4.78, 5) is 4.98. The Labute approximate surface area is 383 Å². The zero-order chi connectivity index (χ0) is 43.3. The van der Waals surface area contributed by atoms with E-state index in [1.54, 1.807) is 0 Å². The largest absolute Gasteiger partial charge is 0.310 e. The zero-order valence-corrected chi connectivity index (χ0v) is 36.2. The Hall–Kier alpha value is -8.46. The van der Waals surface area contributed by atoms with Gasteiger partial charge in [-0.2, -0.15) is 0 Å². The van der Waals surface area contributed by atoms with Gasteiger partial charge in [0.15, 0.2) is 0 Å². The predicted octanol–water partition coefficient (Wildman–Crippen LogP) is 17.5. The smallest absolute Gasteiger partial charge is 0.0497 e. The lowest BCUT2D eigenvalue weighted by Crippen LogP contribution is -2.18. The second kappa shape index (κ2) is 14.5. The Bertz CT molecular complexity index is 3880. The average molecular weight is 839 g/mol. The lowest BCUT2D eigenvalue weighted by Gasteiger charge is -2.34. The van der Waals surface area contributed by atoms with Crippen LogP contribution in [0.2, 0.25) is 0 Å². The van der Waals surface area contributed by atoms with Crippen molar-refractivity contribution in [3.8, 4) is 22.3 Å². The minimum absolute atomic E-state index is 0.913. The van der Waals surface area contributed by atoms with Crippen LogP contribution >= 0.6 is 0 Å². The van der Waals surface area contributed by atoms with Gasteiger partial charge in [-0.25, -0.2) is 0 Å². The van der Waals surface area contributed by atoms with Gasteiger partial charge in [0.05, 0.1) is 0 Å². The predicted molar refractivity (Wildman–Crippen MR) is 280 cm³/mol. The maximum Gasteiger partial charge on any atom is 0.0497 e. The molecule has 0 aliphatic carbocycles. The Kier molecular flexibility index (Phi) is 8.14. The average Bonchev–Trinajstić information content (AvgIpc) is 3.38. The Morgan fingerprint density at radius 3 is 1.27 bits per heavy atom. The van der Waals surface area contributed by atoms with E-state index in [-0.39, 0.29) is 0 Å². The standard InChI is InChI=1S/C64H42N2/c1-2-16-42-35-48(30-29-41(42)15-1)63-54-33-31-50(66-61-27-13-6-20-46(61)37-47-21-7-14-28-62(47)66)40-58(54)64(56-38-43-17-3-8-22-51(43)52-23-9-10-24-53(52)56)55-34-32-49(39-57(55)63)65-59-25-11-4-18-44(59)36-45-19-5-12-26-60(45)65/h1-35,38-40H,36-37H2. The highest BCUT2D eigenvalue weighted by atomic mass is 15.2. The Balaban J connectivity index is 1.14. The van der Waals surface area contributed by atoms with Crippen LogP contribution in [0, 0.1) is 0 Å². The second-order valence-corrected chi connectivity index (χ2v) is 18.0. The number of anilines is 6. The molecule has 2 heteroatoms. The monoisotopic (exact) mass is 838 g/mol.